The van der Waals surface area contributed by atoms with E-state index in [-0.39, 0.29) is 11.7 Å². The lowest BCUT2D eigenvalue weighted by atomic mass is 10.0. The first-order valence-electron chi connectivity index (χ1n) is 7.00. The van der Waals surface area contributed by atoms with E-state index in [0.717, 1.165) is 0 Å². The molecule has 0 saturated heterocycles. The van der Waals surface area contributed by atoms with E-state index in [2.05, 4.69) is 5.32 Å². The van der Waals surface area contributed by atoms with Crippen LogP contribution in [0, 0.1) is 5.82 Å². The van der Waals surface area contributed by atoms with Crippen molar-refractivity contribution >= 4 is 17.5 Å². The highest BCUT2D eigenvalue weighted by molar-refractivity contribution is 6.32. The van der Waals surface area contributed by atoms with Crippen LogP contribution in [0.4, 0.5) is 4.39 Å². The lowest BCUT2D eigenvalue weighted by Crippen LogP contribution is -2.37. The first-order chi connectivity index (χ1) is 10.9. The van der Waals surface area contributed by atoms with Crippen LogP contribution in [0.2, 0.25) is 5.02 Å². The average Bonchev–Trinajstić information content (AvgIpc) is 2.55. The number of nitrogens with one attached hydrogen (secondary N) is 1. The molecule has 2 N–H and O–H groups in total. The summed E-state index contributed by atoms with van der Waals surface area (Å²) < 4.78 is 18.0. The van der Waals surface area contributed by atoms with Crippen LogP contribution < -0.4 is 10.1 Å². The van der Waals surface area contributed by atoms with Gasteiger partial charge in [-0.3, -0.25) is 4.79 Å². The zero-order valence-corrected chi connectivity index (χ0v) is 13.5. The second kappa shape index (κ2) is 7.44. The Bertz CT molecular complexity index is 691. The van der Waals surface area contributed by atoms with Gasteiger partial charge in [-0.05, 0) is 42.8 Å². The number of carbonyl (C=O) groups excluding carboxylic acids is 1. The Labute approximate surface area is 138 Å². The first-order valence-corrected chi connectivity index (χ1v) is 7.38. The van der Waals surface area contributed by atoms with Crippen LogP contribution in [0.1, 0.15) is 28.9 Å². The molecule has 0 heterocycles. The van der Waals surface area contributed by atoms with Crippen molar-refractivity contribution in [2.75, 3.05) is 7.11 Å². The standard InChI is InChI=1S/C17H17ClFNO3/c1-10(16(21)11-3-6-13(19)7-4-11)20-17(22)12-5-8-14(18)15(9-12)23-2/h3-10,16,21H,1-2H3,(H,20,22). The Balaban J connectivity index is 2.08. The minimum absolute atomic E-state index is 0.365. The molecule has 1 amide bonds. The van der Waals surface area contributed by atoms with Crippen LogP contribution in [0.25, 0.3) is 0 Å². The minimum atomic E-state index is -0.950. The zero-order valence-electron chi connectivity index (χ0n) is 12.7. The maximum atomic E-state index is 12.9. The number of aliphatic hydroxyl groups excluding tert-OH is 1. The van der Waals surface area contributed by atoms with E-state index in [1.807, 2.05) is 0 Å². The molecule has 0 aliphatic heterocycles. The quantitative estimate of drug-likeness (QED) is 0.879. The molecular weight excluding hydrogens is 321 g/mol. The maximum absolute atomic E-state index is 12.9. The van der Waals surface area contributed by atoms with Gasteiger partial charge in [0.15, 0.2) is 0 Å². The summed E-state index contributed by atoms with van der Waals surface area (Å²) in [7, 11) is 1.46. The van der Waals surface area contributed by atoms with Gasteiger partial charge in [0.05, 0.1) is 24.3 Å². The van der Waals surface area contributed by atoms with Gasteiger partial charge in [-0.25, -0.2) is 4.39 Å². The summed E-state index contributed by atoms with van der Waals surface area (Å²) in [5.41, 5.74) is 0.886. The summed E-state index contributed by atoms with van der Waals surface area (Å²) in [5.74, 6) is -0.356. The second-order valence-electron chi connectivity index (χ2n) is 5.11. The Morgan fingerprint density at radius 2 is 1.91 bits per heavy atom. The van der Waals surface area contributed by atoms with Gasteiger partial charge in [-0.2, -0.15) is 0 Å². The summed E-state index contributed by atoms with van der Waals surface area (Å²) in [6, 6.07) is 9.58. The Kier molecular flexibility index (Phi) is 5.58. The highest BCUT2D eigenvalue weighted by Gasteiger charge is 2.19. The number of rotatable bonds is 5. The normalized spacial score (nSPS) is 13.3. The highest BCUT2D eigenvalue weighted by Crippen LogP contribution is 2.25. The molecule has 122 valence electrons. The minimum Gasteiger partial charge on any atom is -0.495 e. The van der Waals surface area contributed by atoms with Crippen LogP contribution in [-0.2, 0) is 0 Å². The molecule has 0 radical (unpaired) electrons. The van der Waals surface area contributed by atoms with E-state index in [4.69, 9.17) is 16.3 Å². The molecule has 0 spiro atoms. The van der Waals surface area contributed by atoms with E-state index in [1.54, 1.807) is 19.1 Å². The number of amides is 1. The van der Waals surface area contributed by atoms with Gasteiger partial charge in [0.1, 0.15) is 11.6 Å². The Morgan fingerprint density at radius 1 is 1.26 bits per heavy atom. The molecule has 6 heteroatoms. The second-order valence-corrected chi connectivity index (χ2v) is 5.52. The van der Waals surface area contributed by atoms with Crippen LogP contribution in [0.3, 0.4) is 0 Å². The van der Waals surface area contributed by atoms with Gasteiger partial charge in [-0.1, -0.05) is 23.7 Å². The number of hydrogen-bond donors (Lipinski definition) is 2. The number of halogens is 2. The lowest BCUT2D eigenvalue weighted by molar-refractivity contribution is 0.0851. The van der Waals surface area contributed by atoms with Crippen molar-refractivity contribution in [3.63, 3.8) is 0 Å². The number of ether oxygens (including phenoxy) is 1. The lowest BCUT2D eigenvalue weighted by Gasteiger charge is -2.21. The van der Waals surface area contributed by atoms with Crippen molar-refractivity contribution in [3.05, 3.63) is 64.4 Å². The fourth-order valence-corrected chi connectivity index (χ4v) is 2.31. The summed E-state index contributed by atoms with van der Waals surface area (Å²) in [4.78, 5) is 12.2. The van der Waals surface area contributed by atoms with Crippen LogP contribution in [0.5, 0.6) is 5.75 Å². The number of aliphatic hydroxyl groups is 1. The maximum Gasteiger partial charge on any atom is 0.251 e. The van der Waals surface area contributed by atoms with Gasteiger partial charge >= 0.3 is 0 Å². The predicted octanol–water partition coefficient (Wildman–Crippen LogP) is 3.34. The van der Waals surface area contributed by atoms with Gasteiger partial charge in [0, 0.05) is 5.56 Å². The van der Waals surface area contributed by atoms with Crippen LogP contribution in [0.15, 0.2) is 42.5 Å². The third-order valence-electron chi connectivity index (χ3n) is 3.46. The SMILES string of the molecule is COc1cc(C(=O)NC(C)C(O)c2ccc(F)cc2)ccc1Cl. The zero-order chi connectivity index (χ0) is 17.0. The number of carbonyl (C=O) groups is 1. The predicted molar refractivity (Wildman–Crippen MR) is 86.3 cm³/mol. The van der Waals surface area contributed by atoms with Crippen molar-refractivity contribution in [2.24, 2.45) is 0 Å². The molecule has 23 heavy (non-hydrogen) atoms. The Hall–Kier alpha value is -2.11. The van der Waals surface area contributed by atoms with Crippen LogP contribution in [-0.4, -0.2) is 24.2 Å². The first kappa shape index (κ1) is 17.2. The van der Waals surface area contributed by atoms with E-state index >= 15 is 0 Å². The van der Waals surface area contributed by atoms with Crippen molar-refractivity contribution < 1.29 is 19.0 Å². The molecule has 0 aromatic heterocycles. The fraction of sp³-hybridized carbons (Fsp3) is 0.235. The van der Waals surface area contributed by atoms with E-state index in [1.165, 1.54) is 37.4 Å². The van der Waals surface area contributed by atoms with Crippen molar-refractivity contribution in [1.29, 1.82) is 0 Å². The third-order valence-corrected chi connectivity index (χ3v) is 3.77. The molecular formula is C17H17ClFNO3. The van der Waals surface area contributed by atoms with Gasteiger partial charge in [0.25, 0.3) is 5.91 Å². The van der Waals surface area contributed by atoms with E-state index < -0.39 is 12.1 Å². The molecule has 0 fully saturated rings. The molecule has 0 aliphatic carbocycles. The van der Waals surface area contributed by atoms with Crippen molar-refractivity contribution in [1.82, 2.24) is 5.32 Å². The van der Waals surface area contributed by atoms with E-state index in [9.17, 15) is 14.3 Å². The number of methoxy groups -OCH3 is 1. The van der Waals surface area contributed by atoms with Crippen molar-refractivity contribution in [2.45, 2.75) is 19.1 Å². The summed E-state index contributed by atoms with van der Waals surface area (Å²) in [6.07, 6.45) is -0.950. The summed E-state index contributed by atoms with van der Waals surface area (Å²) in [5, 5.41) is 13.3. The average molecular weight is 338 g/mol. The molecule has 2 rings (SSSR count). The molecule has 2 aromatic carbocycles. The monoisotopic (exact) mass is 337 g/mol. The molecule has 2 aromatic rings. The Morgan fingerprint density at radius 3 is 2.52 bits per heavy atom. The summed E-state index contributed by atoms with van der Waals surface area (Å²) >= 11 is 5.92. The van der Waals surface area contributed by atoms with Gasteiger partial charge in [0.2, 0.25) is 0 Å². The van der Waals surface area contributed by atoms with Gasteiger partial charge < -0.3 is 15.2 Å². The third kappa shape index (κ3) is 4.21. The topological polar surface area (TPSA) is 58.6 Å². The summed E-state index contributed by atoms with van der Waals surface area (Å²) in [6.45, 7) is 1.67. The van der Waals surface area contributed by atoms with Crippen LogP contribution >= 0.6 is 11.6 Å². The highest BCUT2D eigenvalue weighted by atomic mass is 35.5. The number of hydrogen-bond acceptors (Lipinski definition) is 3. The molecule has 0 aliphatic rings. The largest absolute Gasteiger partial charge is 0.495 e. The fourth-order valence-electron chi connectivity index (χ4n) is 2.12. The van der Waals surface area contributed by atoms with E-state index in [0.29, 0.717) is 21.9 Å². The molecule has 0 saturated carbocycles. The van der Waals surface area contributed by atoms with Crippen molar-refractivity contribution in [3.8, 4) is 5.75 Å². The van der Waals surface area contributed by atoms with Gasteiger partial charge in [-0.15, -0.1) is 0 Å². The number of benzene rings is 2. The molecule has 2 unspecified atom stereocenters. The molecule has 0 bridgehead atoms. The molecule has 2 atom stereocenters. The smallest absolute Gasteiger partial charge is 0.251 e. The molecule has 4 nitrogen and oxygen atoms in total.